The molecule has 0 aliphatic heterocycles. The van der Waals surface area contributed by atoms with Crippen LogP contribution >= 0.6 is 0 Å². The summed E-state index contributed by atoms with van der Waals surface area (Å²) in [5, 5.41) is 4.54. The maximum atomic E-state index is 11.2. The largest absolute Gasteiger partial charge is 0.384 e. The number of nitrogens with zero attached hydrogens (tertiary/aromatic N) is 2. The summed E-state index contributed by atoms with van der Waals surface area (Å²) in [5.74, 6) is 1.30. The molecule has 0 spiro atoms. The van der Waals surface area contributed by atoms with Gasteiger partial charge in [-0.05, 0) is 27.2 Å². The van der Waals surface area contributed by atoms with E-state index in [9.17, 15) is 4.79 Å². The van der Waals surface area contributed by atoms with Crippen LogP contribution < -0.4 is 5.73 Å². The zero-order chi connectivity index (χ0) is 11.9. The van der Waals surface area contributed by atoms with Crippen molar-refractivity contribution in [1.29, 1.82) is 0 Å². The fourth-order valence-corrected chi connectivity index (χ4v) is 2.22. The van der Waals surface area contributed by atoms with Crippen molar-refractivity contribution in [2.24, 2.45) is 0 Å². The Hall–Kier alpha value is -1.32. The predicted molar refractivity (Wildman–Crippen MR) is 63.2 cm³/mol. The first-order chi connectivity index (χ1) is 7.38. The quantitative estimate of drug-likeness (QED) is 0.789. The average molecular weight is 221 g/mol. The number of anilines is 1. The first-order valence-electron chi connectivity index (χ1n) is 5.75. The highest BCUT2D eigenvalue weighted by molar-refractivity contribution is 5.81. The summed E-state index contributed by atoms with van der Waals surface area (Å²) in [6.45, 7) is 6.21. The minimum Gasteiger partial charge on any atom is -0.384 e. The van der Waals surface area contributed by atoms with Crippen molar-refractivity contribution >= 4 is 11.6 Å². The standard InChI is InChI=1S/C12H19N3O/c1-12(2,3)15-11(13)7-10(14-15)8-4-5-9(16)6-8/h7-8H,4-6,13H2,1-3H3/t8-/m0/s1. The Morgan fingerprint density at radius 2 is 2.19 bits per heavy atom. The Labute approximate surface area is 95.8 Å². The Morgan fingerprint density at radius 1 is 1.50 bits per heavy atom. The molecule has 1 aliphatic rings. The minimum atomic E-state index is -0.106. The van der Waals surface area contributed by atoms with E-state index in [0.717, 1.165) is 12.1 Å². The monoisotopic (exact) mass is 221 g/mol. The van der Waals surface area contributed by atoms with E-state index in [-0.39, 0.29) is 11.5 Å². The molecule has 1 heterocycles. The highest BCUT2D eigenvalue weighted by Gasteiger charge is 2.27. The van der Waals surface area contributed by atoms with E-state index in [1.165, 1.54) is 0 Å². The van der Waals surface area contributed by atoms with Gasteiger partial charge in [-0.3, -0.25) is 4.79 Å². The number of nitrogens with two attached hydrogens (primary N) is 1. The topological polar surface area (TPSA) is 60.9 Å². The second-order valence-corrected chi connectivity index (χ2v) is 5.56. The molecule has 2 N–H and O–H groups in total. The number of rotatable bonds is 1. The summed E-state index contributed by atoms with van der Waals surface area (Å²) in [4.78, 5) is 11.2. The Balaban J connectivity index is 2.28. The summed E-state index contributed by atoms with van der Waals surface area (Å²) in [6, 6.07) is 1.91. The van der Waals surface area contributed by atoms with Crippen LogP contribution in [0.5, 0.6) is 0 Å². The van der Waals surface area contributed by atoms with Gasteiger partial charge in [-0.1, -0.05) is 0 Å². The van der Waals surface area contributed by atoms with Crippen LogP contribution in [0.3, 0.4) is 0 Å². The summed E-state index contributed by atoms with van der Waals surface area (Å²) in [5.41, 5.74) is 6.81. The van der Waals surface area contributed by atoms with Gasteiger partial charge < -0.3 is 5.73 Å². The van der Waals surface area contributed by atoms with Crippen molar-refractivity contribution in [3.8, 4) is 0 Å². The second-order valence-electron chi connectivity index (χ2n) is 5.56. The SMILES string of the molecule is CC(C)(C)n1nc([C@H]2CCC(=O)C2)cc1N. The molecular formula is C12H19N3O. The zero-order valence-electron chi connectivity index (χ0n) is 10.2. The highest BCUT2D eigenvalue weighted by atomic mass is 16.1. The number of aromatic nitrogens is 2. The van der Waals surface area contributed by atoms with E-state index in [4.69, 9.17) is 5.73 Å². The molecule has 1 aromatic heterocycles. The van der Waals surface area contributed by atoms with E-state index in [1.807, 2.05) is 10.7 Å². The fourth-order valence-electron chi connectivity index (χ4n) is 2.22. The lowest BCUT2D eigenvalue weighted by Gasteiger charge is -2.20. The Kier molecular flexibility index (Phi) is 2.52. The Bertz CT molecular complexity index is 414. The van der Waals surface area contributed by atoms with Gasteiger partial charge in [0.1, 0.15) is 11.6 Å². The van der Waals surface area contributed by atoms with Crippen LogP contribution in [0.1, 0.15) is 51.6 Å². The van der Waals surface area contributed by atoms with Crippen molar-refractivity contribution < 1.29 is 4.79 Å². The van der Waals surface area contributed by atoms with Gasteiger partial charge in [0.05, 0.1) is 11.2 Å². The number of Topliss-reactive ketones (excluding diaryl/α,β-unsaturated/α-hetero) is 1. The lowest BCUT2D eigenvalue weighted by molar-refractivity contribution is -0.117. The van der Waals surface area contributed by atoms with Gasteiger partial charge in [0.2, 0.25) is 0 Å². The molecule has 1 aliphatic carbocycles. The molecule has 0 amide bonds. The predicted octanol–water partition coefficient (Wildman–Crippen LogP) is 2.06. The van der Waals surface area contributed by atoms with Gasteiger partial charge >= 0.3 is 0 Å². The van der Waals surface area contributed by atoms with Crippen molar-refractivity contribution in [1.82, 2.24) is 9.78 Å². The number of nitrogen functional groups attached to an aromatic ring is 1. The maximum absolute atomic E-state index is 11.2. The molecule has 0 aromatic carbocycles. The molecule has 16 heavy (non-hydrogen) atoms. The van der Waals surface area contributed by atoms with E-state index >= 15 is 0 Å². The second kappa shape index (κ2) is 3.61. The molecule has 0 saturated heterocycles. The Morgan fingerprint density at radius 3 is 2.62 bits per heavy atom. The van der Waals surface area contributed by atoms with Crippen molar-refractivity contribution in [2.75, 3.05) is 5.73 Å². The minimum absolute atomic E-state index is 0.106. The van der Waals surface area contributed by atoms with E-state index in [1.54, 1.807) is 0 Å². The molecule has 2 rings (SSSR count). The number of hydrogen-bond donors (Lipinski definition) is 1. The summed E-state index contributed by atoms with van der Waals surface area (Å²) < 4.78 is 1.84. The smallest absolute Gasteiger partial charge is 0.133 e. The molecular weight excluding hydrogens is 202 g/mol. The van der Waals surface area contributed by atoms with E-state index in [0.29, 0.717) is 24.4 Å². The maximum Gasteiger partial charge on any atom is 0.133 e. The lowest BCUT2D eigenvalue weighted by Crippen LogP contribution is -2.24. The number of ketones is 1. The van der Waals surface area contributed by atoms with Gasteiger partial charge in [-0.15, -0.1) is 0 Å². The fraction of sp³-hybridized carbons (Fsp3) is 0.667. The summed E-state index contributed by atoms with van der Waals surface area (Å²) in [6.07, 6.45) is 2.23. The molecule has 4 heteroatoms. The first-order valence-corrected chi connectivity index (χ1v) is 5.75. The van der Waals surface area contributed by atoms with Crippen molar-refractivity contribution in [2.45, 2.75) is 51.5 Å². The van der Waals surface area contributed by atoms with E-state index < -0.39 is 0 Å². The zero-order valence-corrected chi connectivity index (χ0v) is 10.2. The summed E-state index contributed by atoms with van der Waals surface area (Å²) >= 11 is 0. The molecule has 0 radical (unpaired) electrons. The highest BCUT2D eigenvalue weighted by Crippen LogP contribution is 2.33. The van der Waals surface area contributed by atoms with Crippen molar-refractivity contribution in [3.05, 3.63) is 11.8 Å². The van der Waals surface area contributed by atoms with Crippen LogP contribution in [0, 0.1) is 0 Å². The number of hydrogen-bond acceptors (Lipinski definition) is 3. The molecule has 4 nitrogen and oxygen atoms in total. The van der Waals surface area contributed by atoms with Crippen LogP contribution in [0.2, 0.25) is 0 Å². The third kappa shape index (κ3) is 1.96. The molecule has 0 unspecified atom stereocenters. The van der Waals surface area contributed by atoms with Crippen LogP contribution in [0.15, 0.2) is 6.07 Å². The van der Waals surface area contributed by atoms with Crippen LogP contribution in [0.25, 0.3) is 0 Å². The number of carbonyl (C=O) groups is 1. The van der Waals surface area contributed by atoms with Gasteiger partial charge in [-0.2, -0.15) is 5.10 Å². The lowest BCUT2D eigenvalue weighted by atomic mass is 10.0. The normalized spacial score (nSPS) is 21.7. The van der Waals surface area contributed by atoms with Crippen molar-refractivity contribution in [3.63, 3.8) is 0 Å². The van der Waals surface area contributed by atoms with Crippen LogP contribution in [-0.2, 0) is 10.3 Å². The van der Waals surface area contributed by atoms with Crippen LogP contribution in [0.4, 0.5) is 5.82 Å². The van der Waals surface area contributed by atoms with Gasteiger partial charge in [-0.25, -0.2) is 4.68 Å². The van der Waals surface area contributed by atoms with E-state index in [2.05, 4.69) is 25.9 Å². The third-order valence-electron chi connectivity index (χ3n) is 3.06. The molecule has 1 fully saturated rings. The number of carbonyl (C=O) groups excluding carboxylic acids is 1. The molecule has 1 saturated carbocycles. The summed E-state index contributed by atoms with van der Waals surface area (Å²) in [7, 11) is 0. The molecule has 1 aromatic rings. The van der Waals surface area contributed by atoms with Crippen LogP contribution in [-0.4, -0.2) is 15.6 Å². The molecule has 88 valence electrons. The molecule has 1 atom stereocenters. The first kappa shape index (κ1) is 11.2. The van der Waals surface area contributed by atoms with Gasteiger partial charge in [0, 0.05) is 24.8 Å². The third-order valence-corrected chi connectivity index (χ3v) is 3.06. The average Bonchev–Trinajstić information content (AvgIpc) is 2.70. The van der Waals surface area contributed by atoms with Gasteiger partial charge in [0.15, 0.2) is 0 Å². The van der Waals surface area contributed by atoms with Gasteiger partial charge in [0.25, 0.3) is 0 Å². The molecule has 0 bridgehead atoms.